The highest BCUT2D eigenvalue weighted by molar-refractivity contribution is 7.22. The van der Waals surface area contributed by atoms with E-state index in [2.05, 4.69) is 35.4 Å². The van der Waals surface area contributed by atoms with Gasteiger partial charge in [-0.3, -0.25) is 0 Å². The summed E-state index contributed by atoms with van der Waals surface area (Å²) in [6.07, 6.45) is 1.55. The summed E-state index contributed by atoms with van der Waals surface area (Å²) in [6, 6.07) is 15.8. The molecule has 0 aliphatic carbocycles. The number of carbonyl (C=O) groups is 1. The molecule has 0 spiro atoms. The minimum atomic E-state index is -0.450. The van der Waals surface area contributed by atoms with Crippen LogP contribution in [0.15, 0.2) is 48.5 Å². The summed E-state index contributed by atoms with van der Waals surface area (Å²) in [5, 5.41) is 4.02. The lowest BCUT2D eigenvalue weighted by molar-refractivity contribution is -0.144. The summed E-state index contributed by atoms with van der Waals surface area (Å²) < 4.78 is 6.35. The Morgan fingerprint density at radius 2 is 1.96 bits per heavy atom. The minimum Gasteiger partial charge on any atom is -0.464 e. The number of fused-ring (bicyclic) bond motifs is 1. The number of ether oxygens (including phenoxy) is 1. The van der Waals surface area contributed by atoms with Crippen molar-refractivity contribution in [3.63, 3.8) is 0 Å². The summed E-state index contributed by atoms with van der Waals surface area (Å²) in [7, 11) is 0. The number of esters is 1. The zero-order valence-corrected chi connectivity index (χ0v) is 15.3. The minimum absolute atomic E-state index is 0.250. The molecule has 1 atom stereocenters. The third-order valence-electron chi connectivity index (χ3n) is 4.01. The van der Waals surface area contributed by atoms with Gasteiger partial charge in [0, 0.05) is 6.42 Å². The summed E-state index contributed by atoms with van der Waals surface area (Å²) in [5.74, 6) is -0.250. The van der Waals surface area contributed by atoms with Gasteiger partial charge in [0.2, 0.25) is 0 Å². The molecular weight excluding hydrogens is 332 g/mol. The molecule has 4 nitrogen and oxygen atoms in total. The van der Waals surface area contributed by atoms with Crippen molar-refractivity contribution < 1.29 is 9.53 Å². The number of thiazole rings is 1. The van der Waals surface area contributed by atoms with Crippen LogP contribution in [0.5, 0.6) is 0 Å². The Morgan fingerprint density at radius 1 is 1.16 bits per heavy atom. The number of nitrogens with one attached hydrogen (secondary N) is 1. The lowest BCUT2D eigenvalue weighted by atomic mass is 10.1. The molecule has 3 rings (SSSR count). The van der Waals surface area contributed by atoms with Gasteiger partial charge in [0.05, 0.1) is 16.8 Å². The zero-order chi connectivity index (χ0) is 17.6. The van der Waals surface area contributed by atoms with E-state index in [1.54, 1.807) is 11.3 Å². The van der Waals surface area contributed by atoms with Crippen molar-refractivity contribution in [1.29, 1.82) is 0 Å². The monoisotopic (exact) mass is 354 g/mol. The van der Waals surface area contributed by atoms with Gasteiger partial charge in [-0.2, -0.15) is 0 Å². The average molecular weight is 354 g/mol. The number of carbonyl (C=O) groups excluding carboxylic acids is 1. The number of benzene rings is 2. The maximum atomic E-state index is 12.4. The van der Waals surface area contributed by atoms with Gasteiger partial charge in [0.25, 0.3) is 0 Å². The number of nitrogens with zero attached hydrogens (tertiary/aromatic N) is 1. The van der Waals surface area contributed by atoms with Crippen LogP contribution in [0.4, 0.5) is 5.13 Å². The van der Waals surface area contributed by atoms with Crippen LogP contribution in [0.2, 0.25) is 0 Å². The Hall–Kier alpha value is -2.40. The van der Waals surface area contributed by atoms with E-state index >= 15 is 0 Å². The smallest absolute Gasteiger partial charge is 0.328 e. The zero-order valence-electron chi connectivity index (χ0n) is 14.5. The Morgan fingerprint density at radius 3 is 2.68 bits per heavy atom. The molecule has 3 aromatic rings. The predicted octanol–water partition coefficient (Wildman–Crippen LogP) is 4.45. The first-order valence-electron chi connectivity index (χ1n) is 8.56. The number of aryl methyl sites for hydroxylation is 1. The van der Waals surface area contributed by atoms with Gasteiger partial charge in [-0.15, -0.1) is 0 Å². The Labute approximate surface area is 151 Å². The summed E-state index contributed by atoms with van der Waals surface area (Å²) in [4.78, 5) is 17.0. The maximum Gasteiger partial charge on any atom is 0.328 e. The van der Waals surface area contributed by atoms with E-state index in [0.717, 1.165) is 27.3 Å². The molecule has 0 bridgehead atoms. The van der Waals surface area contributed by atoms with Gasteiger partial charge >= 0.3 is 5.97 Å². The topological polar surface area (TPSA) is 51.2 Å². The van der Waals surface area contributed by atoms with Gasteiger partial charge < -0.3 is 10.1 Å². The first kappa shape index (κ1) is 17.4. The van der Waals surface area contributed by atoms with E-state index in [1.807, 2.05) is 37.3 Å². The van der Waals surface area contributed by atoms with Gasteiger partial charge in [0.1, 0.15) is 6.04 Å². The molecule has 0 radical (unpaired) electrons. The molecule has 1 unspecified atom stereocenters. The molecule has 0 fully saturated rings. The number of hydrogen-bond acceptors (Lipinski definition) is 5. The van der Waals surface area contributed by atoms with Crippen molar-refractivity contribution in [2.24, 2.45) is 0 Å². The Bertz CT molecular complexity index is 845. The Balaban J connectivity index is 1.82. The lowest BCUT2D eigenvalue weighted by Gasteiger charge is -2.16. The lowest BCUT2D eigenvalue weighted by Crippen LogP contribution is -2.33. The van der Waals surface area contributed by atoms with E-state index in [9.17, 15) is 4.79 Å². The third-order valence-corrected chi connectivity index (χ3v) is 4.98. The summed E-state index contributed by atoms with van der Waals surface area (Å²) >= 11 is 1.56. The van der Waals surface area contributed by atoms with Crippen LogP contribution in [0, 0.1) is 0 Å². The van der Waals surface area contributed by atoms with Crippen LogP contribution in [-0.4, -0.2) is 23.6 Å². The second-order valence-electron chi connectivity index (χ2n) is 5.81. The summed E-state index contributed by atoms with van der Waals surface area (Å²) in [6.45, 7) is 4.32. The highest BCUT2D eigenvalue weighted by Gasteiger charge is 2.21. The molecule has 5 heteroatoms. The van der Waals surface area contributed by atoms with Crippen molar-refractivity contribution >= 4 is 32.7 Å². The van der Waals surface area contributed by atoms with Gasteiger partial charge in [-0.05, 0) is 36.6 Å². The fourth-order valence-electron chi connectivity index (χ4n) is 2.69. The number of anilines is 1. The molecule has 2 aromatic carbocycles. The van der Waals surface area contributed by atoms with E-state index in [0.29, 0.717) is 13.0 Å². The molecule has 1 heterocycles. The second-order valence-corrected chi connectivity index (χ2v) is 6.84. The van der Waals surface area contributed by atoms with Crippen LogP contribution in [0.25, 0.3) is 10.2 Å². The third kappa shape index (κ3) is 4.37. The normalized spacial score (nSPS) is 12.1. The first-order chi connectivity index (χ1) is 12.2. The van der Waals surface area contributed by atoms with Gasteiger partial charge in [-0.1, -0.05) is 54.7 Å². The molecule has 0 aliphatic rings. The molecule has 0 aliphatic heterocycles. The molecular formula is C20H22N2O2S. The molecule has 1 N–H and O–H groups in total. The van der Waals surface area contributed by atoms with Crippen molar-refractivity contribution in [1.82, 2.24) is 4.98 Å². The number of hydrogen-bond donors (Lipinski definition) is 1. The quantitative estimate of drug-likeness (QED) is 0.637. The number of aromatic nitrogens is 1. The fraction of sp³-hybridized carbons (Fsp3) is 0.300. The molecule has 0 amide bonds. The van der Waals surface area contributed by atoms with Crippen LogP contribution >= 0.6 is 11.3 Å². The highest BCUT2D eigenvalue weighted by atomic mass is 32.1. The fourth-order valence-corrected chi connectivity index (χ4v) is 3.59. The Kier molecular flexibility index (Phi) is 5.66. The maximum absolute atomic E-state index is 12.4. The molecule has 0 saturated heterocycles. The van der Waals surface area contributed by atoms with Gasteiger partial charge in [-0.25, -0.2) is 9.78 Å². The van der Waals surface area contributed by atoms with E-state index in [-0.39, 0.29) is 5.97 Å². The van der Waals surface area contributed by atoms with Crippen molar-refractivity contribution in [3.8, 4) is 0 Å². The first-order valence-corrected chi connectivity index (χ1v) is 9.37. The van der Waals surface area contributed by atoms with Crippen LogP contribution < -0.4 is 5.32 Å². The van der Waals surface area contributed by atoms with Crippen LogP contribution in [0.1, 0.15) is 25.0 Å². The molecule has 25 heavy (non-hydrogen) atoms. The molecule has 0 saturated carbocycles. The SMILES string of the molecule is CCOC(=O)C(Cc1ccccc1)Nc1nc2cc(CC)ccc2s1. The van der Waals surface area contributed by atoms with Crippen molar-refractivity contribution in [3.05, 3.63) is 59.7 Å². The average Bonchev–Trinajstić information content (AvgIpc) is 3.03. The van der Waals surface area contributed by atoms with Crippen molar-refractivity contribution in [2.75, 3.05) is 11.9 Å². The summed E-state index contributed by atoms with van der Waals surface area (Å²) in [5.41, 5.74) is 3.31. The largest absolute Gasteiger partial charge is 0.464 e. The van der Waals surface area contributed by atoms with E-state index in [4.69, 9.17) is 4.74 Å². The van der Waals surface area contributed by atoms with Crippen molar-refractivity contribution in [2.45, 2.75) is 32.7 Å². The van der Waals surface area contributed by atoms with E-state index in [1.165, 1.54) is 5.56 Å². The molecule has 1 aromatic heterocycles. The standard InChI is InChI=1S/C20H22N2O2S/c1-3-14-10-11-18-16(12-14)21-20(25-18)22-17(19(23)24-4-2)13-15-8-6-5-7-9-15/h5-12,17H,3-4,13H2,1-2H3,(H,21,22). The molecule has 130 valence electrons. The van der Waals surface area contributed by atoms with Crippen LogP contribution in [0.3, 0.4) is 0 Å². The van der Waals surface area contributed by atoms with Crippen LogP contribution in [-0.2, 0) is 22.4 Å². The van der Waals surface area contributed by atoms with Gasteiger partial charge in [0.15, 0.2) is 5.13 Å². The highest BCUT2D eigenvalue weighted by Crippen LogP contribution is 2.27. The second kappa shape index (κ2) is 8.12. The van der Waals surface area contributed by atoms with E-state index < -0.39 is 6.04 Å². The number of rotatable bonds is 7. The predicted molar refractivity (Wildman–Crippen MR) is 103 cm³/mol.